The van der Waals surface area contributed by atoms with E-state index in [-0.39, 0.29) is 18.3 Å². The molecular weight excluding hydrogens is 296 g/mol. The number of rotatable bonds is 3. The van der Waals surface area contributed by atoms with Crippen LogP contribution in [0.3, 0.4) is 0 Å². The molecule has 120 valence electrons. The topological polar surface area (TPSA) is 37.3 Å². The van der Waals surface area contributed by atoms with E-state index in [0.717, 1.165) is 12.8 Å². The molecule has 0 aromatic heterocycles. The summed E-state index contributed by atoms with van der Waals surface area (Å²) in [5.74, 6) is -0.406. The van der Waals surface area contributed by atoms with Crippen molar-refractivity contribution in [1.82, 2.24) is 0 Å². The van der Waals surface area contributed by atoms with Crippen LogP contribution in [-0.2, 0) is 11.2 Å². The second-order valence-corrected chi connectivity index (χ2v) is 6.61. The predicted molar refractivity (Wildman–Crippen MR) is 96.4 cm³/mol. The molecule has 2 heteroatoms. The Morgan fingerprint density at radius 2 is 1.71 bits per heavy atom. The maximum Gasteiger partial charge on any atom is 0.303 e. The van der Waals surface area contributed by atoms with Gasteiger partial charge in [-0.1, -0.05) is 66.7 Å². The van der Waals surface area contributed by atoms with E-state index in [0.29, 0.717) is 0 Å². The third kappa shape index (κ3) is 2.58. The molecule has 1 aliphatic rings. The van der Waals surface area contributed by atoms with Crippen LogP contribution in [0.25, 0.3) is 10.8 Å². The predicted octanol–water partition coefficient (Wildman–Crippen LogP) is 5.13. The van der Waals surface area contributed by atoms with Gasteiger partial charge in [0, 0.05) is 5.92 Å². The molecule has 2 unspecified atom stereocenters. The van der Waals surface area contributed by atoms with Gasteiger partial charge in [0.1, 0.15) is 0 Å². The van der Waals surface area contributed by atoms with Crippen LogP contribution in [0.15, 0.2) is 66.7 Å². The Kier molecular flexibility index (Phi) is 3.81. The summed E-state index contributed by atoms with van der Waals surface area (Å²) < 4.78 is 0. The molecule has 2 atom stereocenters. The molecule has 0 saturated carbocycles. The van der Waals surface area contributed by atoms with Crippen molar-refractivity contribution < 1.29 is 9.90 Å². The second kappa shape index (κ2) is 6.12. The molecule has 24 heavy (non-hydrogen) atoms. The zero-order valence-electron chi connectivity index (χ0n) is 13.5. The Hall–Kier alpha value is -2.61. The lowest BCUT2D eigenvalue weighted by Crippen LogP contribution is -2.22. The van der Waals surface area contributed by atoms with Gasteiger partial charge in [-0.3, -0.25) is 4.79 Å². The van der Waals surface area contributed by atoms with Crippen molar-refractivity contribution in [3.05, 3.63) is 83.4 Å². The first-order valence-electron chi connectivity index (χ1n) is 8.51. The minimum Gasteiger partial charge on any atom is -0.481 e. The Labute approximate surface area is 141 Å². The van der Waals surface area contributed by atoms with E-state index < -0.39 is 5.97 Å². The number of carbonyl (C=O) groups is 1. The highest BCUT2D eigenvalue weighted by Crippen LogP contribution is 2.46. The van der Waals surface area contributed by atoms with Gasteiger partial charge in [-0.2, -0.15) is 0 Å². The zero-order valence-corrected chi connectivity index (χ0v) is 13.5. The molecule has 4 rings (SSSR count). The highest BCUT2D eigenvalue weighted by Gasteiger charge is 2.32. The first-order valence-corrected chi connectivity index (χ1v) is 8.51. The van der Waals surface area contributed by atoms with Gasteiger partial charge in [0.15, 0.2) is 0 Å². The Morgan fingerprint density at radius 1 is 0.958 bits per heavy atom. The Morgan fingerprint density at radius 3 is 2.50 bits per heavy atom. The molecule has 1 aliphatic carbocycles. The van der Waals surface area contributed by atoms with Gasteiger partial charge in [-0.05, 0) is 46.2 Å². The number of carboxylic acids is 1. The van der Waals surface area contributed by atoms with Crippen LogP contribution in [0.4, 0.5) is 0 Å². The molecule has 0 spiro atoms. The highest BCUT2D eigenvalue weighted by atomic mass is 16.4. The molecule has 3 aromatic rings. The van der Waals surface area contributed by atoms with Crippen LogP contribution in [-0.4, -0.2) is 11.1 Å². The van der Waals surface area contributed by atoms with Crippen LogP contribution in [0.2, 0.25) is 0 Å². The summed E-state index contributed by atoms with van der Waals surface area (Å²) in [6.07, 6.45) is 2.19. The quantitative estimate of drug-likeness (QED) is 0.727. The number of fused-ring (bicyclic) bond motifs is 3. The van der Waals surface area contributed by atoms with Crippen molar-refractivity contribution in [3.63, 3.8) is 0 Å². The van der Waals surface area contributed by atoms with E-state index in [9.17, 15) is 9.90 Å². The highest BCUT2D eigenvalue weighted by molar-refractivity contribution is 5.87. The molecule has 1 N–H and O–H groups in total. The standard InChI is InChI=1S/C22H20O2/c23-22(24)14-21-18(15-6-2-1-3-7-15)12-13-19-17-9-5-4-8-16(17)10-11-20(19)21/h1-11,18,21H,12-14H2,(H,23,24). The van der Waals surface area contributed by atoms with E-state index in [1.165, 1.54) is 27.5 Å². The average molecular weight is 316 g/mol. The van der Waals surface area contributed by atoms with Crippen molar-refractivity contribution in [2.45, 2.75) is 31.1 Å². The van der Waals surface area contributed by atoms with E-state index in [1.54, 1.807) is 0 Å². The zero-order chi connectivity index (χ0) is 16.5. The largest absolute Gasteiger partial charge is 0.481 e. The third-order valence-electron chi connectivity index (χ3n) is 5.29. The molecular formula is C22H20O2. The van der Waals surface area contributed by atoms with Crippen molar-refractivity contribution in [2.24, 2.45) is 0 Å². The van der Waals surface area contributed by atoms with Gasteiger partial charge >= 0.3 is 5.97 Å². The lowest BCUT2D eigenvalue weighted by atomic mass is 9.70. The number of hydrogen-bond donors (Lipinski definition) is 1. The van der Waals surface area contributed by atoms with Crippen LogP contribution in [0.1, 0.15) is 41.4 Å². The first kappa shape index (κ1) is 14.9. The monoisotopic (exact) mass is 316 g/mol. The SMILES string of the molecule is O=C(O)CC1c2ccc3ccccc3c2CCC1c1ccccc1. The lowest BCUT2D eigenvalue weighted by molar-refractivity contribution is -0.137. The van der Waals surface area contributed by atoms with Gasteiger partial charge in [0.2, 0.25) is 0 Å². The normalized spacial score (nSPS) is 19.8. The summed E-state index contributed by atoms with van der Waals surface area (Å²) in [6, 6.07) is 23.1. The van der Waals surface area contributed by atoms with Gasteiger partial charge in [0.05, 0.1) is 6.42 Å². The maximum atomic E-state index is 11.5. The van der Waals surface area contributed by atoms with Crippen molar-refractivity contribution >= 4 is 16.7 Å². The minimum atomic E-state index is -0.720. The summed E-state index contributed by atoms with van der Waals surface area (Å²) in [6.45, 7) is 0. The number of aliphatic carboxylic acids is 1. The average Bonchev–Trinajstić information content (AvgIpc) is 2.62. The van der Waals surface area contributed by atoms with E-state index in [4.69, 9.17) is 0 Å². The molecule has 0 amide bonds. The van der Waals surface area contributed by atoms with Crippen molar-refractivity contribution in [3.8, 4) is 0 Å². The summed E-state index contributed by atoms with van der Waals surface area (Å²) in [7, 11) is 0. The molecule has 0 fully saturated rings. The fraction of sp³-hybridized carbons (Fsp3) is 0.227. The fourth-order valence-electron chi connectivity index (χ4n) is 4.24. The summed E-state index contributed by atoms with van der Waals surface area (Å²) in [5.41, 5.74) is 3.81. The van der Waals surface area contributed by atoms with Gasteiger partial charge in [-0.25, -0.2) is 0 Å². The molecule has 0 heterocycles. The van der Waals surface area contributed by atoms with Crippen LogP contribution in [0, 0.1) is 0 Å². The van der Waals surface area contributed by atoms with E-state index in [2.05, 4.69) is 48.5 Å². The molecule has 0 bridgehead atoms. The van der Waals surface area contributed by atoms with Crippen molar-refractivity contribution in [1.29, 1.82) is 0 Å². The van der Waals surface area contributed by atoms with Crippen LogP contribution in [0.5, 0.6) is 0 Å². The van der Waals surface area contributed by atoms with Crippen LogP contribution >= 0.6 is 0 Å². The first-order chi connectivity index (χ1) is 11.7. The number of benzene rings is 3. The molecule has 2 nitrogen and oxygen atoms in total. The molecule has 0 radical (unpaired) electrons. The summed E-state index contributed by atoms with van der Waals surface area (Å²) in [5, 5.41) is 12.0. The van der Waals surface area contributed by atoms with Crippen molar-refractivity contribution in [2.75, 3.05) is 0 Å². The van der Waals surface area contributed by atoms with E-state index in [1.807, 2.05) is 18.2 Å². The fourth-order valence-corrected chi connectivity index (χ4v) is 4.24. The van der Waals surface area contributed by atoms with Gasteiger partial charge in [0.25, 0.3) is 0 Å². The van der Waals surface area contributed by atoms with Gasteiger partial charge in [-0.15, -0.1) is 0 Å². The minimum absolute atomic E-state index is 0.0401. The second-order valence-electron chi connectivity index (χ2n) is 6.61. The van der Waals surface area contributed by atoms with Crippen LogP contribution < -0.4 is 0 Å². The molecule has 0 aliphatic heterocycles. The molecule has 3 aromatic carbocycles. The third-order valence-corrected chi connectivity index (χ3v) is 5.29. The lowest BCUT2D eigenvalue weighted by Gasteiger charge is -2.34. The number of aryl methyl sites for hydroxylation is 1. The van der Waals surface area contributed by atoms with Gasteiger partial charge < -0.3 is 5.11 Å². The maximum absolute atomic E-state index is 11.5. The smallest absolute Gasteiger partial charge is 0.303 e. The Balaban J connectivity index is 1.85. The number of hydrogen-bond acceptors (Lipinski definition) is 1. The summed E-state index contributed by atoms with van der Waals surface area (Å²) in [4.78, 5) is 11.5. The number of carboxylic acid groups (broad SMARTS) is 1. The Bertz CT molecular complexity index is 883. The molecule has 0 saturated heterocycles. The summed E-state index contributed by atoms with van der Waals surface area (Å²) >= 11 is 0. The van der Waals surface area contributed by atoms with E-state index >= 15 is 0 Å².